The lowest BCUT2D eigenvalue weighted by atomic mass is 9.85. The van der Waals surface area contributed by atoms with E-state index in [-0.39, 0.29) is 35.5 Å². The lowest BCUT2D eigenvalue weighted by molar-refractivity contribution is -0.140. The number of guanidine groups is 1. The first-order chi connectivity index (χ1) is 12.5. The molecule has 7 heteroatoms. The van der Waals surface area contributed by atoms with Crippen molar-refractivity contribution in [1.82, 2.24) is 20.4 Å². The number of hydrogen-bond acceptors (Lipinski definition) is 4. The van der Waals surface area contributed by atoms with E-state index < -0.39 is 0 Å². The van der Waals surface area contributed by atoms with E-state index in [1.54, 1.807) is 0 Å². The van der Waals surface area contributed by atoms with Gasteiger partial charge in [0, 0.05) is 26.2 Å². The van der Waals surface area contributed by atoms with Crippen LogP contribution in [0.15, 0.2) is 17.1 Å². The average molecular weight is 361 g/mol. The second-order valence-electron chi connectivity index (χ2n) is 7.67. The van der Waals surface area contributed by atoms with Gasteiger partial charge in [-0.15, -0.1) is 0 Å². The van der Waals surface area contributed by atoms with Crippen molar-refractivity contribution in [2.24, 2.45) is 28.7 Å². The van der Waals surface area contributed by atoms with Gasteiger partial charge in [0.2, 0.25) is 11.8 Å². The van der Waals surface area contributed by atoms with Gasteiger partial charge in [0.25, 0.3) is 0 Å². The largest absolute Gasteiger partial charge is 0.357 e. The highest BCUT2D eigenvalue weighted by molar-refractivity contribution is 6.06. The number of hydrogen-bond donors (Lipinski definition) is 2. The van der Waals surface area contributed by atoms with Gasteiger partial charge in [-0.1, -0.05) is 12.2 Å². The fourth-order valence-corrected chi connectivity index (χ4v) is 4.39. The number of nitrogens with zero attached hydrogens (tertiary/aromatic N) is 3. The highest BCUT2D eigenvalue weighted by Gasteiger charge is 2.58. The zero-order chi connectivity index (χ0) is 18.7. The summed E-state index contributed by atoms with van der Waals surface area (Å²) in [6.07, 6.45) is 6.22. The van der Waals surface area contributed by atoms with Crippen LogP contribution in [0.3, 0.4) is 0 Å². The Hall–Kier alpha value is -1.89. The smallest absolute Gasteiger partial charge is 0.233 e. The number of imide groups is 1. The van der Waals surface area contributed by atoms with Crippen LogP contribution in [0.25, 0.3) is 0 Å². The first-order valence-electron chi connectivity index (χ1n) is 9.73. The van der Waals surface area contributed by atoms with Crippen LogP contribution in [0, 0.1) is 23.7 Å². The lowest BCUT2D eigenvalue weighted by Crippen LogP contribution is -2.43. The molecule has 1 aliphatic heterocycles. The summed E-state index contributed by atoms with van der Waals surface area (Å²) < 4.78 is 0. The summed E-state index contributed by atoms with van der Waals surface area (Å²) >= 11 is 0. The van der Waals surface area contributed by atoms with Crippen LogP contribution in [-0.2, 0) is 9.59 Å². The van der Waals surface area contributed by atoms with Crippen LogP contribution >= 0.6 is 0 Å². The highest BCUT2D eigenvalue weighted by atomic mass is 16.2. The van der Waals surface area contributed by atoms with Gasteiger partial charge in [0.05, 0.1) is 11.8 Å². The molecule has 2 amide bonds. The molecule has 0 aromatic heterocycles. The molecule has 4 atom stereocenters. The SMILES string of the molecule is CCNC(=NCCCN(C)C)NCCN1C(=O)C2C3C=CC(C3)C2C1=O. The standard InChI is InChI=1S/C19H31N5O2/c1-4-20-19(21-8-5-10-23(2)3)22-9-11-24-17(25)15-13-6-7-14(12-13)16(15)18(24)26/h6-7,13-16H,4-5,8-12H2,1-3H3,(H2,20,21,22). The number of likely N-dealkylation sites (tertiary alicyclic amines) is 1. The van der Waals surface area contributed by atoms with Gasteiger partial charge in [-0.05, 0) is 52.2 Å². The summed E-state index contributed by atoms with van der Waals surface area (Å²) in [5.74, 6) is 1.12. The van der Waals surface area contributed by atoms with E-state index >= 15 is 0 Å². The number of aliphatic imine (C=N–C) groups is 1. The molecule has 3 aliphatic rings. The van der Waals surface area contributed by atoms with E-state index in [9.17, 15) is 9.59 Å². The van der Waals surface area contributed by atoms with Gasteiger partial charge < -0.3 is 15.5 Å². The van der Waals surface area contributed by atoms with Crippen molar-refractivity contribution >= 4 is 17.8 Å². The molecule has 2 fully saturated rings. The van der Waals surface area contributed by atoms with E-state index in [0.717, 1.165) is 38.4 Å². The Kier molecular flexibility index (Phi) is 5.96. The number of allylic oxidation sites excluding steroid dienone is 2. The predicted octanol–water partition coefficient (Wildman–Crippen LogP) is 0.300. The third kappa shape index (κ3) is 3.77. The molecule has 4 unspecified atom stereocenters. The molecule has 2 N–H and O–H groups in total. The zero-order valence-corrected chi connectivity index (χ0v) is 16.1. The summed E-state index contributed by atoms with van der Waals surface area (Å²) in [6, 6.07) is 0. The Balaban J connectivity index is 1.48. The molecule has 2 aliphatic carbocycles. The summed E-state index contributed by atoms with van der Waals surface area (Å²) in [5.41, 5.74) is 0. The minimum absolute atomic E-state index is 0.0200. The quantitative estimate of drug-likeness (QED) is 0.214. The second kappa shape index (κ2) is 8.20. The summed E-state index contributed by atoms with van der Waals surface area (Å²) in [6.45, 7) is 5.48. The van der Waals surface area contributed by atoms with Crippen molar-refractivity contribution in [3.63, 3.8) is 0 Å². The van der Waals surface area contributed by atoms with Crippen molar-refractivity contribution in [2.75, 3.05) is 46.8 Å². The predicted molar refractivity (Wildman–Crippen MR) is 102 cm³/mol. The molecule has 144 valence electrons. The maximum absolute atomic E-state index is 12.7. The Morgan fingerprint density at radius 3 is 2.42 bits per heavy atom. The van der Waals surface area contributed by atoms with E-state index in [4.69, 9.17) is 0 Å². The van der Waals surface area contributed by atoms with Crippen molar-refractivity contribution < 1.29 is 9.59 Å². The molecule has 0 spiro atoms. The minimum Gasteiger partial charge on any atom is -0.357 e. The number of amides is 2. The number of rotatable bonds is 8. The Labute approximate surface area is 155 Å². The van der Waals surface area contributed by atoms with Crippen LogP contribution in [0.4, 0.5) is 0 Å². The van der Waals surface area contributed by atoms with E-state index in [0.29, 0.717) is 13.1 Å². The van der Waals surface area contributed by atoms with Gasteiger partial charge in [-0.25, -0.2) is 0 Å². The first-order valence-corrected chi connectivity index (χ1v) is 9.73. The molecule has 0 radical (unpaired) electrons. The highest BCUT2D eigenvalue weighted by Crippen LogP contribution is 2.52. The molecule has 7 nitrogen and oxygen atoms in total. The minimum atomic E-state index is -0.106. The topological polar surface area (TPSA) is 77.0 Å². The normalized spacial score (nSPS) is 29.8. The molecule has 26 heavy (non-hydrogen) atoms. The van der Waals surface area contributed by atoms with Crippen molar-refractivity contribution in [3.05, 3.63) is 12.2 Å². The fourth-order valence-electron chi connectivity index (χ4n) is 4.39. The van der Waals surface area contributed by atoms with Gasteiger partial charge in [-0.3, -0.25) is 19.5 Å². The fraction of sp³-hybridized carbons (Fsp3) is 0.737. The van der Waals surface area contributed by atoms with Crippen molar-refractivity contribution in [2.45, 2.75) is 19.8 Å². The molecule has 0 aromatic carbocycles. The van der Waals surface area contributed by atoms with Crippen LogP contribution in [0.1, 0.15) is 19.8 Å². The maximum Gasteiger partial charge on any atom is 0.233 e. The van der Waals surface area contributed by atoms with Gasteiger partial charge in [0.15, 0.2) is 5.96 Å². The Morgan fingerprint density at radius 2 is 1.85 bits per heavy atom. The molecule has 1 saturated heterocycles. The Bertz CT molecular complexity index is 571. The maximum atomic E-state index is 12.7. The molecule has 1 saturated carbocycles. The van der Waals surface area contributed by atoms with Crippen LogP contribution < -0.4 is 10.6 Å². The van der Waals surface area contributed by atoms with Crippen molar-refractivity contribution in [1.29, 1.82) is 0 Å². The molecule has 2 bridgehead atoms. The third-order valence-corrected chi connectivity index (χ3v) is 5.57. The van der Waals surface area contributed by atoms with Gasteiger partial charge >= 0.3 is 0 Å². The number of carbonyl (C=O) groups excluding carboxylic acids is 2. The van der Waals surface area contributed by atoms with Crippen molar-refractivity contribution in [3.8, 4) is 0 Å². The summed E-state index contributed by atoms with van der Waals surface area (Å²) in [5, 5.41) is 6.45. The third-order valence-electron chi connectivity index (χ3n) is 5.57. The van der Waals surface area contributed by atoms with Crippen LogP contribution in [0.2, 0.25) is 0 Å². The Morgan fingerprint density at radius 1 is 1.19 bits per heavy atom. The molecular formula is C19H31N5O2. The zero-order valence-electron chi connectivity index (χ0n) is 16.1. The molecule has 0 aromatic rings. The second-order valence-corrected chi connectivity index (χ2v) is 7.67. The molecular weight excluding hydrogens is 330 g/mol. The van der Waals surface area contributed by atoms with Gasteiger partial charge in [0.1, 0.15) is 0 Å². The van der Waals surface area contributed by atoms with Crippen LogP contribution in [-0.4, -0.2) is 74.4 Å². The number of nitrogens with one attached hydrogen (secondary N) is 2. The summed E-state index contributed by atoms with van der Waals surface area (Å²) in [7, 11) is 4.10. The molecule has 1 heterocycles. The lowest BCUT2D eigenvalue weighted by Gasteiger charge is -2.18. The van der Waals surface area contributed by atoms with E-state index in [1.807, 2.05) is 21.0 Å². The number of fused-ring (bicyclic) bond motifs is 5. The van der Waals surface area contributed by atoms with E-state index in [2.05, 4.69) is 32.7 Å². The first kappa shape index (κ1) is 18.9. The number of carbonyl (C=O) groups is 2. The summed E-state index contributed by atoms with van der Waals surface area (Å²) in [4.78, 5) is 33.5. The average Bonchev–Trinajstić information content (AvgIpc) is 3.27. The van der Waals surface area contributed by atoms with Gasteiger partial charge in [-0.2, -0.15) is 0 Å². The van der Waals surface area contributed by atoms with Crippen LogP contribution in [0.5, 0.6) is 0 Å². The molecule has 3 rings (SSSR count). The van der Waals surface area contributed by atoms with E-state index in [1.165, 1.54) is 4.90 Å². The monoisotopic (exact) mass is 361 g/mol.